The summed E-state index contributed by atoms with van der Waals surface area (Å²) in [6.45, 7) is 2.88. The number of hydrogen-bond acceptors (Lipinski definition) is 3. The van der Waals surface area contributed by atoms with Gasteiger partial charge in [-0.25, -0.2) is 8.42 Å². The molecule has 116 valence electrons. The van der Waals surface area contributed by atoms with Crippen molar-refractivity contribution in [2.24, 2.45) is 5.92 Å². The van der Waals surface area contributed by atoms with Gasteiger partial charge >= 0.3 is 5.97 Å². The first-order chi connectivity index (χ1) is 9.93. The van der Waals surface area contributed by atoms with E-state index in [0.29, 0.717) is 24.6 Å². The van der Waals surface area contributed by atoms with E-state index in [1.807, 2.05) is 6.92 Å². The highest BCUT2D eigenvalue weighted by Crippen LogP contribution is 2.29. The lowest BCUT2D eigenvalue weighted by atomic mass is 9.85. The third kappa shape index (κ3) is 3.83. The van der Waals surface area contributed by atoms with Crippen molar-refractivity contribution >= 4 is 16.0 Å². The van der Waals surface area contributed by atoms with Crippen LogP contribution >= 0.6 is 0 Å². The first kappa shape index (κ1) is 16.0. The van der Waals surface area contributed by atoms with E-state index in [2.05, 4.69) is 0 Å². The highest BCUT2D eigenvalue weighted by atomic mass is 32.2. The molecule has 0 atom stereocenters. The van der Waals surface area contributed by atoms with Crippen molar-refractivity contribution in [3.63, 3.8) is 0 Å². The Bertz CT molecular complexity index is 591. The molecule has 0 aromatic heterocycles. The lowest BCUT2D eigenvalue weighted by Crippen LogP contribution is -2.37. The number of hydrogen-bond donors (Lipinski definition) is 1. The molecule has 1 N–H and O–H groups in total. The van der Waals surface area contributed by atoms with Crippen molar-refractivity contribution in [1.82, 2.24) is 4.31 Å². The van der Waals surface area contributed by atoms with Gasteiger partial charge in [0.25, 0.3) is 0 Å². The van der Waals surface area contributed by atoms with Crippen LogP contribution in [0.5, 0.6) is 0 Å². The van der Waals surface area contributed by atoms with E-state index in [0.717, 1.165) is 12.8 Å². The molecule has 21 heavy (non-hydrogen) atoms. The molecule has 0 bridgehead atoms. The van der Waals surface area contributed by atoms with Crippen molar-refractivity contribution in [2.75, 3.05) is 13.1 Å². The Morgan fingerprint density at radius 2 is 1.90 bits per heavy atom. The molecule has 0 radical (unpaired) electrons. The van der Waals surface area contributed by atoms with E-state index in [4.69, 9.17) is 5.11 Å². The lowest BCUT2D eigenvalue weighted by molar-refractivity contribution is -0.136. The summed E-state index contributed by atoms with van der Waals surface area (Å²) in [5.41, 5.74) is 0.600. The molecule has 1 aromatic rings. The summed E-state index contributed by atoms with van der Waals surface area (Å²) in [7, 11) is -3.48. The number of carboxylic acids is 1. The fourth-order valence-corrected chi connectivity index (χ4v) is 3.99. The van der Waals surface area contributed by atoms with Gasteiger partial charge in [-0.2, -0.15) is 4.31 Å². The maximum Gasteiger partial charge on any atom is 0.307 e. The third-order valence-electron chi connectivity index (χ3n) is 3.96. The Hall–Kier alpha value is -1.40. The molecule has 0 amide bonds. The minimum Gasteiger partial charge on any atom is -0.481 e. The molecular formula is C15H21NO4S. The number of nitrogens with zero attached hydrogens (tertiary/aromatic N) is 1. The van der Waals surface area contributed by atoms with E-state index in [9.17, 15) is 13.2 Å². The standard InChI is InChI=1S/C15H21NO4S/c1-2-16(11-13-4-3-5-13)21(19,20)14-8-6-12(7-9-14)10-15(17)18/h6-9,13H,2-5,10-11H2,1H3,(H,17,18). The minimum absolute atomic E-state index is 0.0973. The normalized spacial score (nSPS) is 15.9. The van der Waals surface area contributed by atoms with E-state index < -0.39 is 16.0 Å². The van der Waals surface area contributed by atoms with Crippen LogP contribution in [0.15, 0.2) is 29.2 Å². The van der Waals surface area contributed by atoms with Crippen molar-refractivity contribution in [1.29, 1.82) is 0 Å². The third-order valence-corrected chi connectivity index (χ3v) is 5.91. The molecule has 2 rings (SSSR count). The maximum atomic E-state index is 12.6. The van der Waals surface area contributed by atoms with Gasteiger partial charge in [0.1, 0.15) is 0 Å². The molecule has 1 aliphatic carbocycles. The van der Waals surface area contributed by atoms with Crippen molar-refractivity contribution < 1.29 is 18.3 Å². The second-order valence-corrected chi connectivity index (χ2v) is 7.41. The van der Waals surface area contributed by atoms with Crippen LogP contribution in [0.1, 0.15) is 31.7 Å². The Kier molecular flexibility index (Phi) is 5.00. The molecule has 0 aliphatic heterocycles. The summed E-state index contributed by atoms with van der Waals surface area (Å²) in [5, 5.41) is 8.73. The molecule has 1 fully saturated rings. The number of rotatable bonds is 7. The SMILES string of the molecule is CCN(CC1CCC1)S(=O)(=O)c1ccc(CC(=O)O)cc1. The average Bonchev–Trinajstić information content (AvgIpc) is 2.37. The van der Waals surface area contributed by atoms with Gasteiger partial charge in [0.15, 0.2) is 0 Å². The largest absolute Gasteiger partial charge is 0.481 e. The summed E-state index contributed by atoms with van der Waals surface area (Å²) in [5.74, 6) is -0.447. The summed E-state index contributed by atoms with van der Waals surface area (Å²) in [4.78, 5) is 10.9. The smallest absolute Gasteiger partial charge is 0.307 e. The number of aliphatic carboxylic acids is 1. The van der Waals surface area contributed by atoms with E-state index in [1.54, 1.807) is 12.1 Å². The lowest BCUT2D eigenvalue weighted by Gasteiger charge is -2.31. The molecule has 0 unspecified atom stereocenters. The summed E-state index contributed by atoms with van der Waals surface area (Å²) >= 11 is 0. The highest BCUT2D eigenvalue weighted by molar-refractivity contribution is 7.89. The van der Waals surface area contributed by atoms with E-state index >= 15 is 0 Å². The van der Waals surface area contributed by atoms with E-state index in [-0.39, 0.29) is 11.3 Å². The van der Waals surface area contributed by atoms with Crippen LogP contribution in [-0.2, 0) is 21.2 Å². The second-order valence-electron chi connectivity index (χ2n) is 5.47. The van der Waals surface area contributed by atoms with Crippen LogP contribution in [0.3, 0.4) is 0 Å². The fourth-order valence-electron chi connectivity index (χ4n) is 2.46. The zero-order valence-electron chi connectivity index (χ0n) is 12.2. The van der Waals surface area contributed by atoms with Crippen LogP contribution < -0.4 is 0 Å². The summed E-state index contributed by atoms with van der Waals surface area (Å²) in [6, 6.07) is 6.13. The van der Waals surface area contributed by atoms with Gasteiger partial charge in [-0.1, -0.05) is 25.5 Å². The van der Waals surface area contributed by atoms with Gasteiger partial charge < -0.3 is 5.11 Å². The predicted molar refractivity (Wildman–Crippen MR) is 79.6 cm³/mol. The topological polar surface area (TPSA) is 74.7 Å². The highest BCUT2D eigenvalue weighted by Gasteiger charge is 2.28. The van der Waals surface area contributed by atoms with E-state index in [1.165, 1.54) is 22.9 Å². The van der Waals surface area contributed by atoms with Gasteiger partial charge in [-0.15, -0.1) is 0 Å². The molecule has 0 saturated heterocycles. The van der Waals surface area contributed by atoms with Crippen molar-refractivity contribution in [2.45, 2.75) is 37.5 Å². The number of carboxylic acid groups (broad SMARTS) is 1. The Balaban J connectivity index is 2.14. The zero-order chi connectivity index (χ0) is 15.5. The number of carbonyl (C=O) groups is 1. The fraction of sp³-hybridized carbons (Fsp3) is 0.533. The average molecular weight is 311 g/mol. The van der Waals surface area contributed by atoms with Gasteiger partial charge in [-0.3, -0.25) is 4.79 Å². The van der Waals surface area contributed by atoms with Crippen molar-refractivity contribution in [3.05, 3.63) is 29.8 Å². The minimum atomic E-state index is -3.48. The molecule has 0 heterocycles. The molecule has 6 heteroatoms. The monoisotopic (exact) mass is 311 g/mol. The van der Waals surface area contributed by atoms with Gasteiger partial charge in [0.2, 0.25) is 10.0 Å². The predicted octanol–water partition coefficient (Wildman–Crippen LogP) is 2.12. The molecular weight excluding hydrogens is 290 g/mol. The summed E-state index contributed by atoms with van der Waals surface area (Å²) in [6.07, 6.45) is 3.29. The Labute approximate surface area is 125 Å². The molecule has 1 saturated carbocycles. The Morgan fingerprint density at radius 3 is 2.33 bits per heavy atom. The molecule has 5 nitrogen and oxygen atoms in total. The second kappa shape index (κ2) is 6.58. The molecule has 1 aromatic carbocycles. The maximum absolute atomic E-state index is 12.6. The quantitative estimate of drug-likeness (QED) is 0.837. The van der Waals surface area contributed by atoms with Crippen LogP contribution in [0.2, 0.25) is 0 Å². The van der Waals surface area contributed by atoms with Crippen LogP contribution in [0.4, 0.5) is 0 Å². The zero-order valence-corrected chi connectivity index (χ0v) is 13.0. The molecule has 1 aliphatic rings. The van der Waals surface area contributed by atoms with Gasteiger partial charge in [0, 0.05) is 13.1 Å². The van der Waals surface area contributed by atoms with Gasteiger partial charge in [-0.05, 0) is 36.5 Å². The number of sulfonamides is 1. The summed E-state index contributed by atoms with van der Waals surface area (Å²) < 4.78 is 26.7. The van der Waals surface area contributed by atoms with Crippen LogP contribution in [-0.4, -0.2) is 36.9 Å². The number of benzene rings is 1. The first-order valence-corrected chi connectivity index (χ1v) is 8.68. The van der Waals surface area contributed by atoms with Crippen LogP contribution in [0.25, 0.3) is 0 Å². The van der Waals surface area contributed by atoms with Crippen molar-refractivity contribution in [3.8, 4) is 0 Å². The van der Waals surface area contributed by atoms with Gasteiger partial charge in [0.05, 0.1) is 11.3 Å². The first-order valence-electron chi connectivity index (χ1n) is 7.24. The molecule has 0 spiro atoms. The van der Waals surface area contributed by atoms with Crippen LogP contribution in [0, 0.1) is 5.92 Å². The Morgan fingerprint density at radius 1 is 1.29 bits per heavy atom.